The van der Waals surface area contributed by atoms with Crippen LogP contribution in [-0.4, -0.2) is 36.7 Å². The number of terminal acetylenes is 1. The van der Waals surface area contributed by atoms with Crippen molar-refractivity contribution in [3.05, 3.63) is 24.3 Å². The van der Waals surface area contributed by atoms with Crippen LogP contribution in [0.2, 0.25) is 0 Å². The number of aliphatic carboxylic acids is 1. The van der Waals surface area contributed by atoms with Gasteiger partial charge in [0, 0.05) is 6.42 Å². The van der Waals surface area contributed by atoms with Gasteiger partial charge in [0.2, 0.25) is 5.91 Å². The van der Waals surface area contributed by atoms with Gasteiger partial charge in [0.15, 0.2) is 0 Å². The summed E-state index contributed by atoms with van der Waals surface area (Å²) in [6.07, 6.45) is 5.03. The van der Waals surface area contributed by atoms with Gasteiger partial charge in [-0.05, 0) is 24.3 Å². The highest BCUT2D eigenvalue weighted by molar-refractivity contribution is 5.83. The van der Waals surface area contributed by atoms with Crippen molar-refractivity contribution in [2.24, 2.45) is 0 Å². The van der Waals surface area contributed by atoms with Crippen molar-refractivity contribution in [1.29, 1.82) is 0 Å². The Bertz CT molecular complexity index is 518. The maximum absolute atomic E-state index is 11.6. The SMILES string of the molecule is C#CCC(NC(=O)CCOc1ccc(OC)cc1)C(=O)O. The molecule has 0 fully saturated rings. The Kier molecular flexibility index (Phi) is 6.61. The Balaban J connectivity index is 2.35. The van der Waals surface area contributed by atoms with Gasteiger partial charge in [0.25, 0.3) is 0 Å². The van der Waals surface area contributed by atoms with Gasteiger partial charge in [-0.2, -0.15) is 0 Å². The van der Waals surface area contributed by atoms with Gasteiger partial charge >= 0.3 is 5.97 Å². The molecule has 0 saturated heterocycles. The van der Waals surface area contributed by atoms with Crippen molar-refractivity contribution in [2.45, 2.75) is 18.9 Å². The summed E-state index contributed by atoms with van der Waals surface area (Å²) in [7, 11) is 1.56. The van der Waals surface area contributed by atoms with Crippen LogP contribution < -0.4 is 14.8 Å². The molecule has 1 rings (SSSR count). The molecule has 0 aliphatic rings. The monoisotopic (exact) mass is 291 g/mol. The normalized spacial score (nSPS) is 11.0. The number of carboxylic acids is 1. The molecule has 0 bridgehead atoms. The Morgan fingerprint density at radius 3 is 2.48 bits per heavy atom. The Morgan fingerprint density at radius 1 is 1.33 bits per heavy atom. The van der Waals surface area contributed by atoms with Crippen LogP contribution in [0.3, 0.4) is 0 Å². The first kappa shape index (κ1) is 16.4. The number of hydrogen-bond donors (Lipinski definition) is 2. The third kappa shape index (κ3) is 5.87. The van der Waals surface area contributed by atoms with Crippen LogP contribution in [0.4, 0.5) is 0 Å². The van der Waals surface area contributed by atoms with E-state index < -0.39 is 17.9 Å². The lowest BCUT2D eigenvalue weighted by Crippen LogP contribution is -2.40. The molecule has 21 heavy (non-hydrogen) atoms. The van der Waals surface area contributed by atoms with E-state index in [1.165, 1.54) is 0 Å². The number of carboxylic acid groups (broad SMARTS) is 1. The number of hydrogen-bond acceptors (Lipinski definition) is 4. The number of amides is 1. The van der Waals surface area contributed by atoms with Gasteiger partial charge < -0.3 is 19.9 Å². The predicted octanol–water partition coefficient (Wildman–Crippen LogP) is 1.06. The van der Waals surface area contributed by atoms with Crippen LogP contribution in [0.5, 0.6) is 11.5 Å². The average Bonchev–Trinajstić information content (AvgIpc) is 2.47. The minimum absolute atomic E-state index is 0.0420. The van der Waals surface area contributed by atoms with E-state index in [-0.39, 0.29) is 19.4 Å². The maximum atomic E-state index is 11.6. The third-order valence-corrected chi connectivity index (χ3v) is 2.61. The van der Waals surface area contributed by atoms with Gasteiger partial charge in [-0.25, -0.2) is 4.79 Å². The number of carbonyl (C=O) groups is 2. The number of methoxy groups -OCH3 is 1. The van der Waals surface area contributed by atoms with E-state index in [9.17, 15) is 9.59 Å². The number of nitrogens with one attached hydrogen (secondary N) is 1. The number of rotatable bonds is 8. The zero-order valence-corrected chi connectivity index (χ0v) is 11.7. The summed E-state index contributed by atoms with van der Waals surface area (Å²) in [6, 6.07) is 5.85. The van der Waals surface area contributed by atoms with E-state index in [0.717, 1.165) is 0 Å². The molecular formula is C15H17NO5. The van der Waals surface area contributed by atoms with E-state index in [2.05, 4.69) is 11.2 Å². The summed E-state index contributed by atoms with van der Waals surface area (Å²) in [5, 5.41) is 11.2. The van der Waals surface area contributed by atoms with E-state index in [1.54, 1.807) is 31.4 Å². The van der Waals surface area contributed by atoms with Crippen molar-refractivity contribution < 1.29 is 24.2 Å². The standard InChI is InChI=1S/C15H17NO5/c1-3-4-13(15(18)19)16-14(17)9-10-21-12-7-5-11(20-2)6-8-12/h1,5-8,13H,4,9-10H2,2H3,(H,16,17)(H,18,19). The van der Waals surface area contributed by atoms with Crippen LogP contribution in [0.25, 0.3) is 0 Å². The summed E-state index contributed by atoms with van der Waals surface area (Å²) in [5.41, 5.74) is 0. The van der Waals surface area contributed by atoms with Crippen molar-refractivity contribution >= 4 is 11.9 Å². The number of carbonyl (C=O) groups excluding carboxylic acids is 1. The first-order chi connectivity index (χ1) is 10.1. The number of ether oxygens (including phenoxy) is 2. The molecule has 0 spiro atoms. The molecule has 1 aromatic rings. The van der Waals surface area contributed by atoms with Crippen molar-refractivity contribution in [3.63, 3.8) is 0 Å². The van der Waals surface area contributed by atoms with E-state index in [1.807, 2.05) is 0 Å². The van der Waals surface area contributed by atoms with Crippen LogP contribution in [0.15, 0.2) is 24.3 Å². The summed E-state index contributed by atoms with van der Waals surface area (Å²) in [6.45, 7) is 0.139. The van der Waals surface area contributed by atoms with Crippen LogP contribution in [0, 0.1) is 12.3 Å². The molecule has 0 heterocycles. The van der Waals surface area contributed by atoms with Crippen molar-refractivity contribution in [2.75, 3.05) is 13.7 Å². The first-order valence-electron chi connectivity index (χ1n) is 6.29. The molecule has 0 radical (unpaired) electrons. The smallest absolute Gasteiger partial charge is 0.327 e. The third-order valence-electron chi connectivity index (χ3n) is 2.61. The molecule has 0 saturated carbocycles. The predicted molar refractivity (Wildman–Crippen MR) is 76.1 cm³/mol. The zero-order chi connectivity index (χ0) is 15.7. The van der Waals surface area contributed by atoms with Gasteiger partial charge in [-0.3, -0.25) is 4.79 Å². The Hall–Kier alpha value is -2.68. The number of benzene rings is 1. The zero-order valence-electron chi connectivity index (χ0n) is 11.7. The van der Waals surface area contributed by atoms with Gasteiger partial charge in [-0.15, -0.1) is 12.3 Å². The fourth-order valence-corrected chi connectivity index (χ4v) is 1.52. The topological polar surface area (TPSA) is 84.9 Å². The first-order valence-corrected chi connectivity index (χ1v) is 6.29. The fraction of sp³-hybridized carbons (Fsp3) is 0.333. The summed E-state index contributed by atoms with van der Waals surface area (Å²) < 4.78 is 10.4. The summed E-state index contributed by atoms with van der Waals surface area (Å²) in [5.74, 6) is 1.93. The highest BCUT2D eigenvalue weighted by atomic mass is 16.5. The molecule has 1 aromatic carbocycles. The Labute approximate surface area is 123 Å². The minimum atomic E-state index is -1.16. The molecule has 6 nitrogen and oxygen atoms in total. The van der Waals surface area contributed by atoms with Gasteiger partial charge in [0.1, 0.15) is 17.5 Å². The second kappa shape index (κ2) is 8.48. The largest absolute Gasteiger partial charge is 0.497 e. The highest BCUT2D eigenvalue weighted by Gasteiger charge is 2.18. The van der Waals surface area contributed by atoms with E-state index >= 15 is 0 Å². The van der Waals surface area contributed by atoms with Crippen molar-refractivity contribution in [1.82, 2.24) is 5.32 Å². The second-order valence-corrected chi connectivity index (χ2v) is 4.14. The quantitative estimate of drug-likeness (QED) is 0.699. The minimum Gasteiger partial charge on any atom is -0.497 e. The Morgan fingerprint density at radius 2 is 1.95 bits per heavy atom. The molecule has 112 valence electrons. The van der Waals surface area contributed by atoms with Gasteiger partial charge in [0.05, 0.1) is 20.1 Å². The summed E-state index contributed by atoms with van der Waals surface area (Å²) >= 11 is 0. The molecule has 2 N–H and O–H groups in total. The molecule has 0 aliphatic carbocycles. The molecule has 1 atom stereocenters. The lowest BCUT2D eigenvalue weighted by molar-refractivity contribution is -0.141. The molecule has 0 aliphatic heterocycles. The molecular weight excluding hydrogens is 274 g/mol. The fourth-order valence-electron chi connectivity index (χ4n) is 1.52. The lowest BCUT2D eigenvalue weighted by atomic mass is 10.2. The summed E-state index contributed by atoms with van der Waals surface area (Å²) in [4.78, 5) is 22.4. The van der Waals surface area contributed by atoms with E-state index in [0.29, 0.717) is 11.5 Å². The second-order valence-electron chi connectivity index (χ2n) is 4.14. The molecule has 0 aromatic heterocycles. The maximum Gasteiger partial charge on any atom is 0.327 e. The average molecular weight is 291 g/mol. The van der Waals surface area contributed by atoms with Gasteiger partial charge in [-0.1, -0.05) is 0 Å². The molecule has 1 amide bonds. The lowest BCUT2D eigenvalue weighted by Gasteiger charge is -2.12. The van der Waals surface area contributed by atoms with Crippen LogP contribution in [0.1, 0.15) is 12.8 Å². The van der Waals surface area contributed by atoms with Crippen LogP contribution in [-0.2, 0) is 9.59 Å². The molecule has 1 unspecified atom stereocenters. The van der Waals surface area contributed by atoms with E-state index in [4.69, 9.17) is 21.0 Å². The molecule has 6 heteroatoms. The highest BCUT2D eigenvalue weighted by Crippen LogP contribution is 2.16. The van der Waals surface area contributed by atoms with Crippen molar-refractivity contribution in [3.8, 4) is 23.8 Å². The van der Waals surface area contributed by atoms with Crippen LogP contribution >= 0.6 is 0 Å².